The zero-order valence-corrected chi connectivity index (χ0v) is 25.3. The lowest BCUT2D eigenvalue weighted by Gasteiger charge is -2.36. The van der Waals surface area contributed by atoms with Crippen molar-refractivity contribution in [3.63, 3.8) is 0 Å². The molecule has 12 heteroatoms. The molecule has 2 fully saturated rings. The molecule has 0 N–H and O–H groups in total. The van der Waals surface area contributed by atoms with Gasteiger partial charge in [0.15, 0.2) is 0 Å². The summed E-state index contributed by atoms with van der Waals surface area (Å²) in [6, 6.07) is 5.36. The molecule has 6 nitrogen and oxygen atoms in total. The first-order valence-electron chi connectivity index (χ1n) is 14.7. The number of hydrogen-bond donors (Lipinski definition) is 0. The van der Waals surface area contributed by atoms with E-state index < -0.39 is 41.7 Å². The highest BCUT2D eigenvalue weighted by Crippen LogP contribution is 2.36. The van der Waals surface area contributed by atoms with Crippen LogP contribution in [0.5, 0.6) is 0 Å². The molecule has 1 saturated heterocycles. The minimum atomic E-state index is -5.08. The predicted octanol–water partition coefficient (Wildman–Crippen LogP) is 8.51. The van der Waals surface area contributed by atoms with Crippen molar-refractivity contribution >= 4 is 11.9 Å². The Kier molecular flexibility index (Phi) is 9.90. The van der Waals surface area contributed by atoms with Crippen molar-refractivity contribution in [3.05, 3.63) is 71.6 Å². The Morgan fingerprint density at radius 2 is 1.82 bits per heavy atom. The number of carbonyl (C=O) groups is 1. The summed E-state index contributed by atoms with van der Waals surface area (Å²) in [7, 11) is 1.91. The maximum atomic E-state index is 13.7. The van der Waals surface area contributed by atoms with Gasteiger partial charge in [0.2, 0.25) is 0 Å². The van der Waals surface area contributed by atoms with E-state index in [1.165, 1.54) is 11.3 Å². The van der Waals surface area contributed by atoms with Gasteiger partial charge in [-0.25, -0.2) is 9.78 Å². The lowest BCUT2D eigenvalue weighted by molar-refractivity contribution is -0.0954. The summed E-state index contributed by atoms with van der Waals surface area (Å²) >= 11 is 0. The second-order valence-electron chi connectivity index (χ2n) is 11.5. The van der Waals surface area contributed by atoms with Crippen molar-refractivity contribution in [3.8, 4) is 11.3 Å². The van der Waals surface area contributed by atoms with Crippen molar-refractivity contribution in [2.75, 3.05) is 11.4 Å². The van der Waals surface area contributed by atoms with Crippen molar-refractivity contribution in [1.82, 2.24) is 14.5 Å². The third-order valence-electron chi connectivity index (χ3n) is 8.40. The van der Waals surface area contributed by atoms with Gasteiger partial charge in [0.05, 0.1) is 18.2 Å². The average Bonchev–Trinajstić information content (AvgIpc) is 3.51. The minimum Gasteiger partial charge on any atom is -0.439 e. The number of ether oxygens (including phenoxy) is 1. The summed E-state index contributed by atoms with van der Waals surface area (Å²) in [6.07, 6.45) is -2.27. The first-order valence-corrected chi connectivity index (χ1v) is 14.7. The second-order valence-corrected chi connectivity index (χ2v) is 11.5. The minimum absolute atomic E-state index is 0.0298. The van der Waals surface area contributed by atoms with E-state index in [0.29, 0.717) is 19.5 Å². The number of aryl methyl sites for hydroxylation is 1. The van der Waals surface area contributed by atoms with E-state index in [-0.39, 0.29) is 24.2 Å². The molecule has 240 valence electrons. The standard InChI is InChI=1S/C32H38F6N4O2/c1-6-41(26-11-8-7-9-12-26)29-24(17-23(18-39-29)27-13-10-14-40(27)5)19-42-22(4)28(44-30(42)43)20(2)15-25(32(36,37)38)16-21(3)31(33,34)35/h10,13-18,22,26,28H,2,6-9,11-12,19H2,1,3-5H3/b21-16+,25-15+/t22-,28+/m0/s1. The third kappa shape index (κ3) is 7.32. The number of pyridine rings is 1. The number of halogens is 6. The molecule has 0 spiro atoms. The normalized spacial score (nSPS) is 20.7. The van der Waals surface area contributed by atoms with Gasteiger partial charge in [-0.1, -0.05) is 25.8 Å². The molecule has 0 bridgehead atoms. The molecule has 2 aliphatic rings. The third-order valence-corrected chi connectivity index (χ3v) is 8.40. The number of amides is 1. The van der Waals surface area contributed by atoms with E-state index in [1.54, 1.807) is 13.1 Å². The van der Waals surface area contributed by atoms with Crippen LogP contribution in [0.3, 0.4) is 0 Å². The molecule has 4 rings (SSSR count). The summed E-state index contributed by atoms with van der Waals surface area (Å²) in [4.78, 5) is 21.7. The van der Waals surface area contributed by atoms with Crippen molar-refractivity contribution in [2.45, 2.75) is 90.0 Å². The number of allylic oxidation sites excluding steroid dienone is 3. The Hall–Kier alpha value is -3.70. The maximum Gasteiger partial charge on any atom is 0.416 e. The van der Waals surface area contributed by atoms with Gasteiger partial charge in [-0.15, -0.1) is 0 Å². The molecule has 1 aliphatic carbocycles. The second kappa shape index (κ2) is 13.1. The van der Waals surface area contributed by atoms with Crippen LogP contribution in [0.2, 0.25) is 0 Å². The largest absolute Gasteiger partial charge is 0.439 e. The van der Waals surface area contributed by atoms with E-state index in [9.17, 15) is 31.1 Å². The highest BCUT2D eigenvalue weighted by molar-refractivity contribution is 5.72. The predicted molar refractivity (Wildman–Crippen MR) is 157 cm³/mol. The average molecular weight is 625 g/mol. The summed E-state index contributed by atoms with van der Waals surface area (Å²) < 4.78 is 87.5. The van der Waals surface area contributed by atoms with E-state index in [0.717, 1.165) is 48.3 Å². The Bertz CT molecular complexity index is 1420. The number of hydrogen-bond acceptors (Lipinski definition) is 4. The maximum absolute atomic E-state index is 13.7. The monoisotopic (exact) mass is 624 g/mol. The number of cyclic esters (lactones) is 1. The number of alkyl halides is 6. The van der Waals surface area contributed by atoms with E-state index in [4.69, 9.17) is 9.72 Å². The summed E-state index contributed by atoms with van der Waals surface area (Å²) in [5, 5.41) is 0. The van der Waals surface area contributed by atoms with Gasteiger partial charge in [0.1, 0.15) is 11.9 Å². The van der Waals surface area contributed by atoms with Crippen LogP contribution in [0.4, 0.5) is 37.0 Å². The van der Waals surface area contributed by atoms with Crippen molar-refractivity contribution in [2.24, 2.45) is 7.05 Å². The van der Waals surface area contributed by atoms with Gasteiger partial charge in [0.25, 0.3) is 0 Å². The van der Waals surface area contributed by atoms with Gasteiger partial charge >= 0.3 is 18.4 Å². The fourth-order valence-electron chi connectivity index (χ4n) is 5.94. The molecule has 1 aliphatic heterocycles. The topological polar surface area (TPSA) is 50.6 Å². The Balaban J connectivity index is 1.67. The molecule has 0 aromatic carbocycles. The molecular formula is C32H38F6N4O2. The lowest BCUT2D eigenvalue weighted by atomic mass is 9.93. The van der Waals surface area contributed by atoms with Gasteiger partial charge in [-0.05, 0) is 69.5 Å². The van der Waals surface area contributed by atoms with Gasteiger partial charge in [-0.3, -0.25) is 4.90 Å². The number of aromatic nitrogens is 2. The quantitative estimate of drug-likeness (QED) is 0.207. The number of carbonyl (C=O) groups excluding carboxylic acids is 1. The molecule has 1 amide bonds. The zero-order valence-electron chi connectivity index (χ0n) is 25.3. The molecule has 1 saturated carbocycles. The summed E-state index contributed by atoms with van der Waals surface area (Å²) in [6.45, 7) is 8.64. The van der Waals surface area contributed by atoms with Gasteiger partial charge < -0.3 is 14.2 Å². The van der Waals surface area contributed by atoms with Crippen LogP contribution in [0.25, 0.3) is 11.3 Å². The van der Waals surface area contributed by atoms with Crippen molar-refractivity contribution in [1.29, 1.82) is 0 Å². The zero-order chi connectivity index (χ0) is 32.4. The smallest absolute Gasteiger partial charge is 0.416 e. The molecule has 0 unspecified atom stereocenters. The Morgan fingerprint density at radius 3 is 2.39 bits per heavy atom. The fraction of sp³-hybridized carbons (Fsp3) is 0.500. The Labute approximate surface area is 253 Å². The van der Waals surface area contributed by atoms with Crippen LogP contribution in [0.15, 0.2) is 66.0 Å². The number of anilines is 1. The highest BCUT2D eigenvalue weighted by Gasteiger charge is 2.42. The van der Waals surface area contributed by atoms with Crippen LogP contribution in [0, 0.1) is 0 Å². The summed E-state index contributed by atoms with van der Waals surface area (Å²) in [5.41, 5.74) is -0.708. The molecule has 2 atom stereocenters. The molecule has 3 heterocycles. The fourth-order valence-corrected chi connectivity index (χ4v) is 5.94. The molecular weight excluding hydrogens is 586 g/mol. The van der Waals surface area contributed by atoms with E-state index in [1.807, 2.05) is 36.0 Å². The van der Waals surface area contributed by atoms with Gasteiger partial charge in [0, 0.05) is 54.4 Å². The highest BCUT2D eigenvalue weighted by atomic mass is 19.4. The molecule has 0 radical (unpaired) electrons. The molecule has 2 aromatic rings. The van der Waals surface area contributed by atoms with E-state index >= 15 is 0 Å². The van der Waals surface area contributed by atoms with Crippen molar-refractivity contribution < 1.29 is 35.9 Å². The van der Waals surface area contributed by atoms with Crippen LogP contribution < -0.4 is 4.90 Å². The molecule has 44 heavy (non-hydrogen) atoms. The lowest BCUT2D eigenvalue weighted by Crippen LogP contribution is -2.39. The van der Waals surface area contributed by atoms with Crippen LogP contribution >= 0.6 is 0 Å². The van der Waals surface area contributed by atoms with Crippen LogP contribution in [0.1, 0.15) is 58.4 Å². The summed E-state index contributed by atoms with van der Waals surface area (Å²) in [5.74, 6) is 0.728. The Morgan fingerprint density at radius 1 is 1.14 bits per heavy atom. The first-order chi connectivity index (χ1) is 20.6. The molecule has 2 aromatic heterocycles. The SMILES string of the molecule is C=C(/C=C(\C=C(/C)C(F)(F)F)C(F)(F)F)[C@H]1OC(=O)N(Cc2cc(-c3cccn3C)cnc2N(CC)C2CCCCC2)[C@H]1C. The van der Waals surface area contributed by atoms with Gasteiger partial charge in [-0.2, -0.15) is 26.3 Å². The number of rotatable bonds is 9. The first kappa shape index (κ1) is 33.2. The van der Waals surface area contributed by atoms with E-state index in [2.05, 4.69) is 18.4 Å². The van der Waals surface area contributed by atoms with Crippen LogP contribution in [-0.4, -0.2) is 57.6 Å². The number of nitrogens with zero attached hydrogens (tertiary/aromatic N) is 4. The van der Waals surface area contributed by atoms with Crippen LogP contribution in [-0.2, 0) is 18.3 Å².